The van der Waals surface area contributed by atoms with Crippen LogP contribution in [0.2, 0.25) is 0 Å². The quantitative estimate of drug-likeness (QED) is 0.197. The Labute approximate surface area is 290 Å². The minimum absolute atomic E-state index is 0.0482. The molecule has 5 N–H and O–H groups in total. The highest BCUT2D eigenvalue weighted by atomic mass is 16.3. The molecular formula is C36H57N7O6. The van der Waals surface area contributed by atoms with Crippen molar-refractivity contribution in [2.24, 2.45) is 33.2 Å². The molecule has 49 heavy (non-hydrogen) atoms. The van der Waals surface area contributed by atoms with E-state index in [2.05, 4.69) is 31.3 Å². The Morgan fingerprint density at radius 2 is 1.61 bits per heavy atom. The summed E-state index contributed by atoms with van der Waals surface area (Å²) < 4.78 is 0. The molecule has 13 nitrogen and oxygen atoms in total. The van der Waals surface area contributed by atoms with Crippen LogP contribution in [0, 0.1) is 23.2 Å². The van der Waals surface area contributed by atoms with Gasteiger partial charge < -0.3 is 31.3 Å². The molecule has 0 spiro atoms. The molecule has 3 aliphatic carbocycles. The van der Waals surface area contributed by atoms with Crippen LogP contribution in [0.4, 0.5) is 0 Å². The van der Waals surface area contributed by atoms with Crippen LogP contribution in [0.5, 0.6) is 0 Å². The van der Waals surface area contributed by atoms with Crippen LogP contribution in [0.25, 0.3) is 0 Å². The highest BCUT2D eigenvalue weighted by Crippen LogP contribution is 2.43. The third-order valence-electron chi connectivity index (χ3n) is 11.1. The largest absolute Gasteiger partial charge is 0.381 e. The number of nitrogens with zero attached hydrogens (tertiary/aromatic N) is 3. The van der Waals surface area contributed by atoms with Crippen LogP contribution in [0.1, 0.15) is 105 Å². The zero-order chi connectivity index (χ0) is 35.3. The fraction of sp³-hybridized carbons (Fsp3) is 0.806. The monoisotopic (exact) mass is 683 g/mol. The van der Waals surface area contributed by atoms with Crippen molar-refractivity contribution in [1.29, 1.82) is 0 Å². The molecule has 4 fully saturated rings. The smallest absolute Gasteiger partial charge is 0.251 e. The summed E-state index contributed by atoms with van der Waals surface area (Å²) >= 11 is 0. The summed E-state index contributed by atoms with van der Waals surface area (Å²) in [7, 11) is 0. The number of aliphatic imine (C=N–C) groups is 2. The SMILES string of the molecule is CCC[C@H](NC(=O)[C@@H]1[C@H]2CCC[C@H]2CN1C(=O)[C@@H](NC(=O)[C@@H](NC(=O)C1CN=CC=N1)C1CCCCC1)C(C)(C)C)C(O)C(=O)NC1CC1. The molecule has 2 heterocycles. The van der Waals surface area contributed by atoms with Crippen molar-refractivity contribution >= 4 is 42.0 Å². The predicted octanol–water partition coefficient (Wildman–Crippen LogP) is 1.66. The third kappa shape index (κ3) is 9.07. The lowest BCUT2D eigenvalue weighted by Gasteiger charge is -2.38. The van der Waals surface area contributed by atoms with Crippen molar-refractivity contribution in [2.45, 2.75) is 147 Å². The molecule has 0 radical (unpaired) electrons. The maximum atomic E-state index is 14.6. The van der Waals surface area contributed by atoms with Gasteiger partial charge in [-0.15, -0.1) is 0 Å². The Hall–Kier alpha value is -3.35. The van der Waals surface area contributed by atoms with Gasteiger partial charge in [-0.05, 0) is 68.1 Å². The van der Waals surface area contributed by atoms with E-state index in [-0.39, 0.29) is 48.1 Å². The third-order valence-corrected chi connectivity index (χ3v) is 11.1. The van der Waals surface area contributed by atoms with E-state index < -0.39 is 53.5 Å². The van der Waals surface area contributed by atoms with E-state index in [4.69, 9.17) is 0 Å². The van der Waals surface area contributed by atoms with Crippen molar-refractivity contribution in [3.63, 3.8) is 0 Å². The Bertz CT molecular complexity index is 1290. The fourth-order valence-corrected chi connectivity index (χ4v) is 8.16. The second-order valence-corrected chi connectivity index (χ2v) is 15.9. The van der Waals surface area contributed by atoms with Gasteiger partial charge in [-0.25, -0.2) is 0 Å². The highest BCUT2D eigenvalue weighted by molar-refractivity contribution is 6.17. The van der Waals surface area contributed by atoms with Crippen LogP contribution >= 0.6 is 0 Å². The number of amides is 5. The van der Waals surface area contributed by atoms with Gasteiger partial charge in [0, 0.05) is 25.0 Å². The molecule has 2 aliphatic heterocycles. The molecule has 0 aromatic carbocycles. The number of carbonyl (C=O) groups is 5. The summed E-state index contributed by atoms with van der Waals surface area (Å²) in [5.74, 6) is -1.95. The molecule has 5 aliphatic rings. The normalized spacial score (nSPS) is 27.8. The number of hydrogen-bond donors (Lipinski definition) is 5. The Balaban J connectivity index is 1.34. The van der Waals surface area contributed by atoms with Crippen molar-refractivity contribution in [2.75, 3.05) is 13.1 Å². The fourth-order valence-electron chi connectivity index (χ4n) is 8.16. The molecule has 2 unspecified atom stereocenters. The maximum absolute atomic E-state index is 14.6. The van der Waals surface area contributed by atoms with Gasteiger partial charge in [-0.1, -0.05) is 59.8 Å². The second kappa shape index (κ2) is 16.1. The Kier molecular flexibility index (Phi) is 12.1. The summed E-state index contributed by atoms with van der Waals surface area (Å²) in [5, 5.41) is 22.7. The Morgan fingerprint density at radius 1 is 0.878 bits per heavy atom. The molecular weight excluding hydrogens is 626 g/mol. The number of hydrogen-bond acceptors (Lipinski definition) is 8. The molecule has 272 valence electrons. The summed E-state index contributed by atoms with van der Waals surface area (Å²) in [4.78, 5) is 78.9. The van der Waals surface area contributed by atoms with Gasteiger partial charge >= 0.3 is 0 Å². The predicted molar refractivity (Wildman–Crippen MR) is 186 cm³/mol. The first-order valence-electron chi connectivity index (χ1n) is 18.6. The molecule has 1 saturated heterocycles. The minimum atomic E-state index is -1.39. The maximum Gasteiger partial charge on any atom is 0.251 e. The molecule has 13 heteroatoms. The van der Waals surface area contributed by atoms with E-state index in [1.54, 1.807) is 11.1 Å². The van der Waals surface area contributed by atoms with E-state index >= 15 is 0 Å². The molecule has 5 amide bonds. The van der Waals surface area contributed by atoms with Gasteiger partial charge in [0.05, 0.1) is 12.6 Å². The van der Waals surface area contributed by atoms with Crippen LogP contribution in [0.3, 0.4) is 0 Å². The molecule has 0 aromatic heterocycles. The molecule has 8 atom stereocenters. The topological polar surface area (TPSA) is 182 Å². The summed E-state index contributed by atoms with van der Waals surface area (Å²) in [6.45, 7) is 8.20. The zero-order valence-corrected chi connectivity index (χ0v) is 29.7. The molecule has 3 saturated carbocycles. The molecule has 5 rings (SSSR count). The van der Waals surface area contributed by atoms with Crippen LogP contribution in [0.15, 0.2) is 9.98 Å². The summed E-state index contributed by atoms with van der Waals surface area (Å²) in [5.41, 5.74) is -0.711. The first kappa shape index (κ1) is 36.9. The van der Waals surface area contributed by atoms with Gasteiger partial charge in [-0.2, -0.15) is 0 Å². The van der Waals surface area contributed by atoms with Crippen molar-refractivity contribution in [3.8, 4) is 0 Å². The molecule has 0 bridgehead atoms. The average Bonchev–Trinajstić information content (AvgIpc) is 3.65. The first-order valence-corrected chi connectivity index (χ1v) is 18.6. The number of nitrogens with one attached hydrogen (secondary N) is 4. The lowest BCUT2D eigenvalue weighted by molar-refractivity contribution is -0.146. The first-order chi connectivity index (χ1) is 23.4. The highest BCUT2D eigenvalue weighted by Gasteiger charge is 2.52. The standard InChI is InChI=1S/C36H57N7O6/c1-5-10-25(29(44)34(48)39-23-15-16-23)40-33(47)28-24-14-9-13-22(24)20-43(28)35(49)30(36(2,3)4)42-32(46)27(21-11-7-6-8-12-21)41-31(45)26-19-37-17-18-38-26/h17-18,21-30,44H,5-16,19-20H2,1-4H3,(H,39,48)(H,40,47)(H,41,45)(H,42,46)/t22-,24-,25-,26?,27-,28-,29?,30+/m0/s1. The van der Waals surface area contributed by atoms with E-state index in [1.165, 1.54) is 6.21 Å². The van der Waals surface area contributed by atoms with Crippen molar-refractivity contribution < 1.29 is 29.1 Å². The minimum Gasteiger partial charge on any atom is -0.381 e. The van der Waals surface area contributed by atoms with E-state index in [1.807, 2.05) is 27.7 Å². The van der Waals surface area contributed by atoms with Crippen LogP contribution in [-0.4, -0.2) is 107 Å². The van der Waals surface area contributed by atoms with Gasteiger partial charge in [0.1, 0.15) is 24.2 Å². The van der Waals surface area contributed by atoms with Gasteiger partial charge in [0.15, 0.2) is 6.10 Å². The second-order valence-electron chi connectivity index (χ2n) is 15.9. The Morgan fingerprint density at radius 3 is 2.24 bits per heavy atom. The van der Waals surface area contributed by atoms with E-state index in [0.717, 1.165) is 64.2 Å². The van der Waals surface area contributed by atoms with Crippen LogP contribution in [-0.2, 0) is 24.0 Å². The number of aliphatic hydroxyl groups excluding tert-OH is 1. The van der Waals surface area contributed by atoms with E-state index in [9.17, 15) is 29.1 Å². The van der Waals surface area contributed by atoms with Gasteiger partial charge in [-0.3, -0.25) is 34.0 Å². The number of carbonyl (C=O) groups excluding carboxylic acids is 5. The van der Waals surface area contributed by atoms with Crippen molar-refractivity contribution in [1.82, 2.24) is 26.2 Å². The lowest BCUT2D eigenvalue weighted by atomic mass is 9.82. The van der Waals surface area contributed by atoms with Gasteiger partial charge in [0.2, 0.25) is 23.6 Å². The van der Waals surface area contributed by atoms with Gasteiger partial charge in [0.25, 0.3) is 5.91 Å². The number of aliphatic hydroxyl groups is 1. The van der Waals surface area contributed by atoms with Crippen LogP contribution < -0.4 is 21.3 Å². The number of likely N-dealkylation sites (tertiary alicyclic amines) is 1. The average molecular weight is 684 g/mol. The molecule has 0 aromatic rings. The zero-order valence-electron chi connectivity index (χ0n) is 29.7. The van der Waals surface area contributed by atoms with Crippen molar-refractivity contribution in [3.05, 3.63) is 0 Å². The number of rotatable bonds is 13. The summed E-state index contributed by atoms with van der Waals surface area (Å²) in [6, 6.07) is -3.99. The number of fused-ring (bicyclic) bond motifs is 1. The van der Waals surface area contributed by atoms with E-state index in [0.29, 0.717) is 19.4 Å². The summed E-state index contributed by atoms with van der Waals surface area (Å²) in [6.07, 6.45) is 11.7. The lowest BCUT2D eigenvalue weighted by Crippen LogP contribution is -2.63.